The molecule has 2 aliphatic rings. The highest BCUT2D eigenvalue weighted by Crippen LogP contribution is 2.09. The van der Waals surface area contributed by atoms with E-state index in [0.717, 1.165) is 58.9 Å². The van der Waals surface area contributed by atoms with Crippen LogP contribution in [-0.4, -0.2) is 91.6 Å². The molecule has 24 heavy (non-hydrogen) atoms. The van der Waals surface area contributed by atoms with Crippen LogP contribution in [0.2, 0.25) is 0 Å². The molecule has 130 valence electrons. The van der Waals surface area contributed by atoms with E-state index < -0.39 is 0 Å². The van der Waals surface area contributed by atoms with Crippen molar-refractivity contribution >= 4 is 12.1 Å². The number of carbonyl (C=O) groups excluding carboxylic acids is 1. The van der Waals surface area contributed by atoms with Gasteiger partial charge in [-0.3, -0.25) is 4.90 Å². The van der Waals surface area contributed by atoms with Crippen LogP contribution in [0, 0.1) is 0 Å². The summed E-state index contributed by atoms with van der Waals surface area (Å²) in [4.78, 5) is 21.3. The van der Waals surface area contributed by atoms with Gasteiger partial charge in [-0.25, -0.2) is 4.79 Å². The van der Waals surface area contributed by atoms with E-state index in [1.807, 2.05) is 15.9 Å². The molecule has 0 radical (unpaired) electrons. The highest BCUT2D eigenvalue weighted by Gasteiger charge is 2.26. The van der Waals surface area contributed by atoms with Crippen molar-refractivity contribution in [2.75, 3.05) is 66.0 Å². The molecule has 1 aromatic carbocycles. The molecule has 2 saturated heterocycles. The first-order chi connectivity index (χ1) is 11.7. The third-order valence-electron chi connectivity index (χ3n) is 4.89. The molecule has 2 fully saturated rings. The first kappa shape index (κ1) is 17.0. The Hall–Kier alpha value is -1.85. The summed E-state index contributed by atoms with van der Waals surface area (Å²) in [6.07, 6.45) is 4.38. The van der Waals surface area contributed by atoms with Gasteiger partial charge < -0.3 is 14.7 Å². The Balaban J connectivity index is 1.41. The van der Waals surface area contributed by atoms with Gasteiger partial charge in [-0.2, -0.15) is 0 Å². The number of rotatable bonds is 3. The summed E-state index contributed by atoms with van der Waals surface area (Å²) in [5, 5.41) is 0. The molecule has 3 rings (SSSR count). The topological polar surface area (TPSA) is 30.0 Å². The number of piperazine rings is 2. The molecule has 5 heteroatoms. The zero-order valence-corrected chi connectivity index (χ0v) is 14.6. The molecule has 0 saturated carbocycles. The summed E-state index contributed by atoms with van der Waals surface area (Å²) in [5.41, 5.74) is 1.24. The largest absolute Gasteiger partial charge is 0.322 e. The maximum absolute atomic E-state index is 12.6. The number of likely N-dealkylation sites (N-methyl/N-ethyl adjacent to an activating group) is 1. The van der Waals surface area contributed by atoms with Crippen LogP contribution >= 0.6 is 0 Å². The van der Waals surface area contributed by atoms with Crippen molar-refractivity contribution in [1.29, 1.82) is 0 Å². The van der Waals surface area contributed by atoms with Gasteiger partial charge in [0, 0.05) is 58.9 Å². The first-order valence-corrected chi connectivity index (χ1v) is 8.89. The summed E-state index contributed by atoms with van der Waals surface area (Å²) < 4.78 is 0. The van der Waals surface area contributed by atoms with Crippen molar-refractivity contribution < 1.29 is 4.79 Å². The molecule has 2 aliphatic heterocycles. The van der Waals surface area contributed by atoms with Gasteiger partial charge in [0.2, 0.25) is 0 Å². The van der Waals surface area contributed by atoms with Gasteiger partial charge in [0.1, 0.15) is 0 Å². The average Bonchev–Trinajstić information content (AvgIpc) is 2.63. The van der Waals surface area contributed by atoms with E-state index in [1.54, 1.807) is 0 Å². The lowest BCUT2D eigenvalue weighted by atomic mass is 10.2. The Morgan fingerprint density at radius 3 is 2.12 bits per heavy atom. The fraction of sp³-hybridized carbons (Fsp3) is 0.526. The standard InChI is InChI=1S/C19H28N4O/c1-20-10-14-22(15-11-20)19(24)23-16-12-21(13-17-23)9-5-8-18-6-3-2-4-7-18/h2-8H,9-17H2,1H3. The maximum Gasteiger partial charge on any atom is 0.320 e. The number of hydrogen-bond acceptors (Lipinski definition) is 3. The molecule has 2 heterocycles. The van der Waals surface area contributed by atoms with Gasteiger partial charge in [0.05, 0.1) is 0 Å². The van der Waals surface area contributed by atoms with Crippen LogP contribution < -0.4 is 0 Å². The highest BCUT2D eigenvalue weighted by atomic mass is 16.2. The molecule has 0 aromatic heterocycles. The fourth-order valence-electron chi connectivity index (χ4n) is 3.22. The minimum Gasteiger partial charge on any atom is -0.322 e. The van der Waals surface area contributed by atoms with E-state index in [-0.39, 0.29) is 6.03 Å². The summed E-state index contributed by atoms with van der Waals surface area (Å²) in [6.45, 7) is 8.22. The third kappa shape index (κ3) is 4.58. The van der Waals surface area contributed by atoms with E-state index >= 15 is 0 Å². The lowest BCUT2D eigenvalue weighted by Gasteiger charge is -2.39. The van der Waals surface area contributed by atoms with Crippen LogP contribution in [0.4, 0.5) is 4.79 Å². The quantitative estimate of drug-likeness (QED) is 0.846. The van der Waals surface area contributed by atoms with Crippen molar-refractivity contribution in [2.24, 2.45) is 0 Å². The second-order valence-electron chi connectivity index (χ2n) is 6.67. The van der Waals surface area contributed by atoms with Crippen LogP contribution in [0.3, 0.4) is 0 Å². The molecule has 0 unspecified atom stereocenters. The van der Waals surface area contributed by atoms with Gasteiger partial charge in [-0.05, 0) is 12.6 Å². The molecule has 0 atom stereocenters. The van der Waals surface area contributed by atoms with Crippen LogP contribution in [0.1, 0.15) is 5.56 Å². The maximum atomic E-state index is 12.6. The molecule has 0 spiro atoms. The predicted molar refractivity (Wildman–Crippen MR) is 98.0 cm³/mol. The third-order valence-corrected chi connectivity index (χ3v) is 4.89. The van der Waals surface area contributed by atoms with Crippen LogP contribution in [0.5, 0.6) is 0 Å². The Kier molecular flexibility index (Phi) is 5.88. The molecule has 0 N–H and O–H groups in total. The fourth-order valence-corrected chi connectivity index (χ4v) is 3.22. The monoisotopic (exact) mass is 328 g/mol. The normalized spacial score (nSPS) is 20.7. The number of urea groups is 1. The van der Waals surface area contributed by atoms with Gasteiger partial charge in [0.15, 0.2) is 0 Å². The number of amides is 2. The van der Waals surface area contributed by atoms with Crippen LogP contribution in [-0.2, 0) is 0 Å². The van der Waals surface area contributed by atoms with E-state index in [1.165, 1.54) is 5.56 Å². The zero-order valence-electron chi connectivity index (χ0n) is 14.6. The van der Waals surface area contributed by atoms with E-state index in [9.17, 15) is 4.79 Å². The smallest absolute Gasteiger partial charge is 0.320 e. The van der Waals surface area contributed by atoms with Gasteiger partial charge in [-0.15, -0.1) is 0 Å². The predicted octanol–water partition coefficient (Wildman–Crippen LogP) is 1.68. The second-order valence-corrected chi connectivity index (χ2v) is 6.67. The van der Waals surface area contributed by atoms with Crippen LogP contribution in [0.15, 0.2) is 36.4 Å². The Morgan fingerprint density at radius 2 is 1.50 bits per heavy atom. The first-order valence-electron chi connectivity index (χ1n) is 8.89. The van der Waals surface area contributed by atoms with E-state index in [4.69, 9.17) is 0 Å². The summed E-state index contributed by atoms with van der Waals surface area (Å²) in [5.74, 6) is 0. The molecule has 0 bridgehead atoms. The minimum atomic E-state index is 0.225. The zero-order chi connectivity index (χ0) is 16.8. The molecule has 5 nitrogen and oxygen atoms in total. The van der Waals surface area contributed by atoms with Crippen molar-refractivity contribution in [2.45, 2.75) is 0 Å². The van der Waals surface area contributed by atoms with Crippen molar-refractivity contribution in [3.8, 4) is 0 Å². The average molecular weight is 328 g/mol. The van der Waals surface area contributed by atoms with Gasteiger partial charge >= 0.3 is 6.03 Å². The number of benzene rings is 1. The van der Waals surface area contributed by atoms with Crippen molar-refractivity contribution in [3.63, 3.8) is 0 Å². The summed E-state index contributed by atoms with van der Waals surface area (Å²) >= 11 is 0. The minimum absolute atomic E-state index is 0.225. The molecular weight excluding hydrogens is 300 g/mol. The summed E-state index contributed by atoms with van der Waals surface area (Å²) in [6, 6.07) is 10.6. The Bertz CT molecular complexity index is 544. The molecule has 0 aliphatic carbocycles. The second kappa shape index (κ2) is 8.31. The SMILES string of the molecule is CN1CCN(C(=O)N2CCN(CC=Cc3ccccc3)CC2)CC1. The lowest BCUT2D eigenvalue weighted by molar-refractivity contribution is 0.0989. The number of hydrogen-bond donors (Lipinski definition) is 0. The van der Waals surface area contributed by atoms with Gasteiger partial charge in [-0.1, -0.05) is 42.5 Å². The Labute approximate surface area is 145 Å². The highest BCUT2D eigenvalue weighted by molar-refractivity contribution is 5.74. The molecular formula is C19H28N4O. The van der Waals surface area contributed by atoms with Crippen molar-refractivity contribution in [1.82, 2.24) is 19.6 Å². The lowest BCUT2D eigenvalue weighted by Crippen LogP contribution is -2.56. The molecule has 1 aromatic rings. The van der Waals surface area contributed by atoms with E-state index in [0.29, 0.717) is 0 Å². The van der Waals surface area contributed by atoms with E-state index in [2.05, 4.69) is 53.3 Å². The number of nitrogens with zero attached hydrogens (tertiary/aromatic N) is 4. The Morgan fingerprint density at radius 1 is 0.917 bits per heavy atom. The number of carbonyl (C=O) groups is 1. The molecule has 2 amide bonds. The van der Waals surface area contributed by atoms with Gasteiger partial charge in [0.25, 0.3) is 0 Å². The van der Waals surface area contributed by atoms with Crippen molar-refractivity contribution in [3.05, 3.63) is 42.0 Å². The van der Waals surface area contributed by atoms with Crippen LogP contribution in [0.25, 0.3) is 6.08 Å². The summed E-state index contributed by atoms with van der Waals surface area (Å²) in [7, 11) is 2.11.